The molecule has 0 atom stereocenters. The standard InChI is InChI=1S/C36H27S.C7H6O3/c1-4-10-28(11-5-1)31-16-22-34(23-17-31)37(35-24-18-32(19-25-35)29-12-6-2-7-13-29)36-26-20-33(21-27-36)30-14-8-3-9-15-30;8-6-4-2-1-3-5(6)7(9)10/h1-27H;1-4,8H,(H,9,10)/q+1;/p-1. The van der Waals surface area contributed by atoms with Gasteiger partial charge in [0.1, 0.15) is 0 Å². The average Bonchev–Trinajstić information content (AvgIpc) is 3.14. The first kappa shape index (κ1) is 31.2. The van der Waals surface area contributed by atoms with Crippen LogP contribution in [0.4, 0.5) is 0 Å². The lowest BCUT2D eigenvalue weighted by Crippen LogP contribution is -2.05. The van der Waals surface area contributed by atoms with E-state index in [4.69, 9.17) is 5.11 Å². The predicted molar refractivity (Wildman–Crippen MR) is 191 cm³/mol. The van der Waals surface area contributed by atoms with Gasteiger partial charge in [0.2, 0.25) is 0 Å². The summed E-state index contributed by atoms with van der Waals surface area (Å²) < 4.78 is 0. The minimum atomic E-state index is -1.18. The Morgan fingerprint density at radius 3 is 0.936 bits per heavy atom. The molecule has 0 unspecified atom stereocenters. The fourth-order valence-electron chi connectivity index (χ4n) is 5.29. The highest BCUT2D eigenvalue weighted by Gasteiger charge is 2.29. The third-order valence-corrected chi connectivity index (χ3v) is 9.94. The van der Waals surface area contributed by atoms with E-state index in [1.54, 1.807) is 0 Å². The number of aromatic carboxylic acids is 1. The van der Waals surface area contributed by atoms with Crippen molar-refractivity contribution in [1.29, 1.82) is 0 Å². The first-order chi connectivity index (χ1) is 23.1. The van der Waals surface area contributed by atoms with E-state index in [1.807, 2.05) is 0 Å². The molecule has 0 spiro atoms. The largest absolute Gasteiger partial charge is 0.872 e. The van der Waals surface area contributed by atoms with E-state index in [0.29, 0.717) is 0 Å². The number of carboxylic acids is 1. The quantitative estimate of drug-likeness (QED) is 0.179. The third kappa shape index (κ3) is 7.70. The van der Waals surface area contributed by atoms with Gasteiger partial charge in [0, 0.05) is 0 Å². The summed E-state index contributed by atoms with van der Waals surface area (Å²) in [5, 5.41) is 19.0. The highest BCUT2D eigenvalue weighted by molar-refractivity contribution is 7.97. The molecule has 0 saturated carbocycles. The van der Waals surface area contributed by atoms with Crippen LogP contribution in [-0.2, 0) is 10.9 Å². The summed E-state index contributed by atoms with van der Waals surface area (Å²) >= 11 is 0. The van der Waals surface area contributed by atoms with Gasteiger partial charge in [-0.25, -0.2) is 4.79 Å². The second kappa shape index (κ2) is 15.0. The number of hydrogen-bond donors (Lipinski definition) is 1. The topological polar surface area (TPSA) is 60.4 Å². The van der Waals surface area contributed by atoms with Crippen molar-refractivity contribution in [1.82, 2.24) is 0 Å². The normalized spacial score (nSPS) is 10.6. The number of hydrogen-bond acceptors (Lipinski definition) is 2. The van der Waals surface area contributed by atoms with Crippen molar-refractivity contribution in [3.63, 3.8) is 0 Å². The van der Waals surface area contributed by atoms with E-state index < -0.39 is 11.7 Å². The van der Waals surface area contributed by atoms with Crippen molar-refractivity contribution < 1.29 is 15.0 Å². The monoisotopic (exact) mass is 628 g/mol. The maximum atomic E-state index is 10.7. The molecule has 0 amide bonds. The molecule has 7 aromatic carbocycles. The minimum Gasteiger partial charge on any atom is -0.872 e. The molecule has 47 heavy (non-hydrogen) atoms. The molecule has 4 heteroatoms. The van der Waals surface area contributed by atoms with Crippen LogP contribution in [0.2, 0.25) is 0 Å². The van der Waals surface area contributed by atoms with Crippen LogP contribution in [0.25, 0.3) is 33.4 Å². The first-order valence-corrected chi connectivity index (χ1v) is 16.5. The third-order valence-electron chi connectivity index (χ3n) is 7.71. The van der Waals surface area contributed by atoms with Gasteiger partial charge in [-0.3, -0.25) is 0 Å². The van der Waals surface area contributed by atoms with Gasteiger partial charge in [-0.15, -0.1) is 0 Å². The van der Waals surface area contributed by atoms with Gasteiger partial charge in [-0.05, 0) is 112 Å². The van der Waals surface area contributed by atoms with Crippen molar-refractivity contribution >= 4 is 16.9 Å². The SMILES string of the molecule is O=C(O)c1ccccc1[O-].c1ccc(-c2ccc([S+](c3ccc(-c4ccccc4)cc3)c3ccc(-c4ccccc4)cc3)cc2)cc1. The maximum Gasteiger partial charge on any atom is 0.335 e. The van der Waals surface area contributed by atoms with Gasteiger partial charge in [-0.2, -0.15) is 0 Å². The Kier molecular flexibility index (Phi) is 9.92. The van der Waals surface area contributed by atoms with Crippen LogP contribution in [0.5, 0.6) is 5.75 Å². The van der Waals surface area contributed by atoms with E-state index in [2.05, 4.69) is 164 Å². The summed E-state index contributed by atoms with van der Waals surface area (Å²) in [6.45, 7) is 0. The van der Waals surface area contributed by atoms with E-state index in [-0.39, 0.29) is 16.5 Å². The molecule has 0 fully saturated rings. The number of rotatable bonds is 7. The van der Waals surface area contributed by atoms with E-state index in [0.717, 1.165) is 0 Å². The molecule has 3 nitrogen and oxygen atoms in total. The second-order valence-corrected chi connectivity index (χ2v) is 12.8. The lowest BCUT2D eigenvalue weighted by Gasteiger charge is -2.11. The van der Waals surface area contributed by atoms with Crippen molar-refractivity contribution in [2.45, 2.75) is 14.7 Å². The van der Waals surface area contributed by atoms with Gasteiger partial charge in [0.05, 0.1) is 16.5 Å². The van der Waals surface area contributed by atoms with Crippen LogP contribution < -0.4 is 5.11 Å². The van der Waals surface area contributed by atoms with Crippen LogP contribution >= 0.6 is 0 Å². The summed E-state index contributed by atoms with van der Waals surface area (Å²) in [5.41, 5.74) is 7.28. The lowest BCUT2D eigenvalue weighted by atomic mass is 10.1. The molecule has 0 radical (unpaired) electrons. The van der Waals surface area contributed by atoms with Gasteiger partial charge < -0.3 is 10.2 Å². The zero-order valence-corrected chi connectivity index (χ0v) is 26.4. The predicted octanol–water partition coefficient (Wildman–Crippen LogP) is 10.2. The van der Waals surface area contributed by atoms with E-state index in [1.165, 1.54) is 72.3 Å². The molecule has 7 rings (SSSR count). The molecule has 1 N–H and O–H groups in total. The van der Waals surface area contributed by atoms with Gasteiger partial charge in [0.15, 0.2) is 14.7 Å². The molecule has 7 aromatic rings. The number of carboxylic acid groups (broad SMARTS) is 1. The van der Waals surface area contributed by atoms with Crippen molar-refractivity contribution in [2.24, 2.45) is 0 Å². The molecule has 228 valence electrons. The number of para-hydroxylation sites is 1. The van der Waals surface area contributed by atoms with Gasteiger partial charge >= 0.3 is 5.97 Å². The summed E-state index contributed by atoms with van der Waals surface area (Å²) in [5.74, 6) is -1.62. The summed E-state index contributed by atoms with van der Waals surface area (Å²) in [6.07, 6.45) is 0. The molecule has 0 aliphatic heterocycles. The van der Waals surface area contributed by atoms with Crippen molar-refractivity contribution in [3.05, 3.63) is 194 Å². The Morgan fingerprint density at radius 2 is 0.660 bits per heavy atom. The summed E-state index contributed by atoms with van der Waals surface area (Å²) in [6, 6.07) is 64.6. The Balaban J connectivity index is 0.000000332. The second-order valence-electron chi connectivity index (χ2n) is 10.8. The zero-order chi connectivity index (χ0) is 32.4. The Hall–Kier alpha value is -5.84. The lowest BCUT2D eigenvalue weighted by molar-refractivity contribution is -0.268. The van der Waals surface area contributed by atoms with E-state index >= 15 is 0 Å². The van der Waals surface area contributed by atoms with Crippen molar-refractivity contribution in [3.8, 4) is 39.1 Å². The Bertz CT molecular complexity index is 1830. The summed E-state index contributed by atoms with van der Waals surface area (Å²) in [7, 11) is -0.209. The first-order valence-electron chi connectivity index (χ1n) is 15.3. The number of benzene rings is 7. The number of carbonyl (C=O) groups is 1. The van der Waals surface area contributed by atoms with Crippen LogP contribution in [0, 0.1) is 0 Å². The molecular formula is C43H32O3S. The highest BCUT2D eigenvalue weighted by Crippen LogP contribution is 2.35. The Morgan fingerprint density at radius 1 is 0.383 bits per heavy atom. The van der Waals surface area contributed by atoms with E-state index in [9.17, 15) is 9.90 Å². The van der Waals surface area contributed by atoms with Crippen LogP contribution in [-0.4, -0.2) is 11.1 Å². The fraction of sp³-hybridized carbons (Fsp3) is 0. The summed E-state index contributed by atoms with van der Waals surface area (Å²) in [4.78, 5) is 14.2. The smallest absolute Gasteiger partial charge is 0.335 e. The van der Waals surface area contributed by atoms with Crippen LogP contribution in [0.1, 0.15) is 10.4 Å². The van der Waals surface area contributed by atoms with Crippen LogP contribution in [0.15, 0.2) is 203 Å². The van der Waals surface area contributed by atoms with Crippen LogP contribution in [0.3, 0.4) is 0 Å². The minimum absolute atomic E-state index is 0.178. The van der Waals surface area contributed by atoms with Gasteiger partial charge in [0.25, 0.3) is 0 Å². The Labute approximate surface area is 278 Å². The molecule has 0 saturated heterocycles. The fourth-order valence-corrected chi connectivity index (χ4v) is 7.34. The molecule has 0 aromatic heterocycles. The molecule has 0 heterocycles. The highest BCUT2D eigenvalue weighted by atomic mass is 32.2. The molecule has 0 aliphatic rings. The molecule has 0 bridgehead atoms. The molecule has 0 aliphatic carbocycles. The maximum absolute atomic E-state index is 10.7. The van der Waals surface area contributed by atoms with Crippen molar-refractivity contribution in [2.75, 3.05) is 0 Å². The molecular weight excluding hydrogens is 597 g/mol. The van der Waals surface area contributed by atoms with Gasteiger partial charge in [-0.1, -0.05) is 115 Å². The zero-order valence-electron chi connectivity index (χ0n) is 25.6. The average molecular weight is 629 g/mol.